The molecule has 40 heavy (non-hydrogen) atoms. The highest BCUT2D eigenvalue weighted by Gasteiger charge is 2.33. The Morgan fingerprint density at radius 3 is 0.950 bits per heavy atom. The highest BCUT2D eigenvalue weighted by atomic mass is 16.3. The summed E-state index contributed by atoms with van der Waals surface area (Å²) in [5.74, 6) is 0.860. The molecule has 4 aromatic carbocycles. The molecule has 0 aromatic heterocycles. The predicted molar refractivity (Wildman–Crippen MR) is 168 cm³/mol. The van der Waals surface area contributed by atoms with Crippen molar-refractivity contribution in [1.82, 2.24) is 0 Å². The van der Waals surface area contributed by atoms with Gasteiger partial charge in [-0.3, -0.25) is 0 Å². The van der Waals surface area contributed by atoms with Crippen LogP contribution in [0.3, 0.4) is 0 Å². The average Bonchev–Trinajstić information content (AvgIpc) is 2.92. The van der Waals surface area contributed by atoms with Crippen LogP contribution in [0.15, 0.2) is 78.9 Å². The number of rotatable bonds is 6. The third-order valence-corrected chi connectivity index (χ3v) is 8.49. The van der Waals surface area contributed by atoms with Crippen LogP contribution < -0.4 is 0 Å². The quantitative estimate of drug-likeness (QED) is 0.229. The van der Waals surface area contributed by atoms with Crippen LogP contribution in [0.2, 0.25) is 0 Å². The molecule has 3 nitrogen and oxygen atoms in total. The molecule has 4 rings (SSSR count). The highest BCUT2D eigenvalue weighted by Crippen LogP contribution is 2.43. The Labute approximate surface area is 241 Å². The van der Waals surface area contributed by atoms with Crippen molar-refractivity contribution in [3.63, 3.8) is 0 Å². The number of aryl methyl sites for hydroxylation is 2. The maximum Gasteiger partial charge on any atom is 0.121 e. The third kappa shape index (κ3) is 5.89. The first-order chi connectivity index (χ1) is 18.6. The van der Waals surface area contributed by atoms with Crippen molar-refractivity contribution in [2.24, 2.45) is 0 Å². The van der Waals surface area contributed by atoms with E-state index in [0.717, 1.165) is 27.8 Å². The molecule has 0 amide bonds. The van der Waals surface area contributed by atoms with E-state index < -0.39 is 0 Å². The molecule has 0 radical (unpaired) electrons. The van der Waals surface area contributed by atoms with E-state index in [0.29, 0.717) is 5.75 Å². The van der Waals surface area contributed by atoms with Crippen molar-refractivity contribution in [1.29, 1.82) is 0 Å². The van der Waals surface area contributed by atoms with Crippen molar-refractivity contribution in [3.05, 3.63) is 123 Å². The van der Waals surface area contributed by atoms with Crippen molar-refractivity contribution < 1.29 is 15.3 Å². The largest absolute Gasteiger partial charge is 0.508 e. The second kappa shape index (κ2) is 11.4. The lowest BCUT2D eigenvalue weighted by atomic mass is 9.69. The number of benzene rings is 4. The molecule has 3 N–H and O–H groups in total. The lowest BCUT2D eigenvalue weighted by Crippen LogP contribution is -2.27. The van der Waals surface area contributed by atoms with E-state index in [2.05, 4.69) is 71.9 Å². The van der Waals surface area contributed by atoms with Crippen LogP contribution in [0.1, 0.15) is 99.9 Å². The Kier molecular flexibility index (Phi) is 8.79. The first-order valence-electron chi connectivity index (χ1n) is 14.2. The molecule has 0 saturated carbocycles. The number of phenolic OH excluding ortho intramolecular Hbond substituents is 3. The number of hydrogen-bond donors (Lipinski definition) is 3. The lowest BCUT2D eigenvalue weighted by Gasteiger charge is -2.35. The SMILES string of the molecule is CC.Cc1cc(C(C)(C)c2cc(C(C)(C)c3ccc(O)cc3)cc(C(C)(C)c3ccc(O)cc3)c2)cc(C)c1O. The van der Waals surface area contributed by atoms with Crippen LogP contribution in [0.5, 0.6) is 17.2 Å². The normalized spacial score (nSPS) is 12.1. The van der Waals surface area contributed by atoms with Gasteiger partial charge < -0.3 is 15.3 Å². The minimum absolute atomic E-state index is 0.256. The van der Waals surface area contributed by atoms with Crippen molar-refractivity contribution in [2.75, 3.05) is 0 Å². The minimum atomic E-state index is -0.329. The number of hydrogen-bond acceptors (Lipinski definition) is 3. The fourth-order valence-electron chi connectivity index (χ4n) is 5.28. The van der Waals surface area contributed by atoms with E-state index in [1.807, 2.05) is 52.0 Å². The summed E-state index contributed by atoms with van der Waals surface area (Å²) in [5, 5.41) is 30.2. The molecule has 4 aromatic rings. The summed E-state index contributed by atoms with van der Waals surface area (Å²) < 4.78 is 0. The molecule has 0 unspecified atom stereocenters. The zero-order chi connectivity index (χ0) is 30.0. The maximum atomic E-state index is 10.4. The summed E-state index contributed by atoms with van der Waals surface area (Å²) in [4.78, 5) is 0. The Hall–Kier alpha value is -3.72. The van der Waals surface area contributed by atoms with Gasteiger partial charge in [0.1, 0.15) is 17.2 Å². The van der Waals surface area contributed by atoms with Gasteiger partial charge in [-0.25, -0.2) is 0 Å². The molecular weight excluding hydrogens is 492 g/mol. The number of phenols is 3. The van der Waals surface area contributed by atoms with Gasteiger partial charge in [0.05, 0.1) is 0 Å². The maximum absolute atomic E-state index is 10.4. The van der Waals surface area contributed by atoms with Crippen LogP contribution in [0.25, 0.3) is 0 Å². The van der Waals surface area contributed by atoms with E-state index in [-0.39, 0.29) is 27.7 Å². The Bertz CT molecular complexity index is 1360. The van der Waals surface area contributed by atoms with Gasteiger partial charge in [-0.2, -0.15) is 0 Å². The second-order valence-electron chi connectivity index (χ2n) is 12.2. The van der Waals surface area contributed by atoms with E-state index >= 15 is 0 Å². The molecule has 0 fully saturated rings. The van der Waals surface area contributed by atoms with Crippen molar-refractivity contribution in [3.8, 4) is 17.2 Å². The molecule has 0 aliphatic heterocycles. The molecule has 0 bridgehead atoms. The summed E-state index contributed by atoms with van der Waals surface area (Å²) in [5.41, 5.74) is 7.73. The van der Waals surface area contributed by atoms with Crippen LogP contribution >= 0.6 is 0 Å². The fraction of sp³-hybridized carbons (Fsp3) is 0.351. The Morgan fingerprint density at radius 1 is 0.400 bits per heavy atom. The minimum Gasteiger partial charge on any atom is -0.508 e. The predicted octanol–water partition coefficient (Wildman–Crippen LogP) is 9.42. The Balaban J connectivity index is 0.00000216. The molecule has 0 spiro atoms. The van der Waals surface area contributed by atoms with Gasteiger partial charge in [0.25, 0.3) is 0 Å². The van der Waals surface area contributed by atoms with Crippen molar-refractivity contribution >= 4 is 0 Å². The molecule has 3 heteroatoms. The van der Waals surface area contributed by atoms with Gasteiger partial charge in [-0.05, 0) is 82.6 Å². The first kappa shape index (κ1) is 30.8. The summed E-state index contributed by atoms with van der Waals surface area (Å²) in [6.07, 6.45) is 0. The van der Waals surface area contributed by atoms with Crippen molar-refractivity contribution in [2.45, 2.75) is 85.5 Å². The van der Waals surface area contributed by atoms with E-state index in [4.69, 9.17) is 0 Å². The van der Waals surface area contributed by atoms with Gasteiger partial charge in [-0.1, -0.05) is 110 Å². The number of aromatic hydroxyl groups is 3. The molecule has 0 heterocycles. The smallest absolute Gasteiger partial charge is 0.121 e. The zero-order valence-electron chi connectivity index (χ0n) is 25.8. The molecule has 0 saturated heterocycles. The van der Waals surface area contributed by atoms with Crippen LogP contribution in [0, 0.1) is 13.8 Å². The van der Waals surface area contributed by atoms with Gasteiger partial charge >= 0.3 is 0 Å². The van der Waals surface area contributed by atoms with E-state index in [1.165, 1.54) is 16.7 Å². The molecule has 0 atom stereocenters. The first-order valence-corrected chi connectivity index (χ1v) is 14.2. The van der Waals surface area contributed by atoms with Gasteiger partial charge in [0.15, 0.2) is 0 Å². The third-order valence-electron chi connectivity index (χ3n) is 8.49. The fourth-order valence-corrected chi connectivity index (χ4v) is 5.28. The standard InChI is InChI=1S/C35H40O3.C2H6/c1-22-17-26(18-23(2)32(22)38)35(7,8)29-20-27(33(3,4)24-9-13-30(36)14-10-24)19-28(21-29)34(5,6)25-11-15-31(37)16-12-25;1-2/h9-21,36-38H,1-8H3;1-2H3. The summed E-state index contributed by atoms with van der Waals surface area (Å²) >= 11 is 0. The molecule has 0 aliphatic carbocycles. The van der Waals surface area contributed by atoms with Crippen LogP contribution in [-0.4, -0.2) is 15.3 Å². The van der Waals surface area contributed by atoms with Gasteiger partial charge in [-0.15, -0.1) is 0 Å². The molecular formula is C37H46O3. The topological polar surface area (TPSA) is 60.7 Å². The van der Waals surface area contributed by atoms with Crippen LogP contribution in [0.4, 0.5) is 0 Å². The Morgan fingerprint density at radius 2 is 0.650 bits per heavy atom. The van der Waals surface area contributed by atoms with Gasteiger partial charge in [0, 0.05) is 16.2 Å². The average molecular weight is 539 g/mol. The summed E-state index contributed by atoms with van der Waals surface area (Å²) in [7, 11) is 0. The van der Waals surface area contributed by atoms with E-state index in [9.17, 15) is 15.3 Å². The monoisotopic (exact) mass is 538 g/mol. The summed E-state index contributed by atoms with van der Waals surface area (Å²) in [6, 6.07) is 26.0. The summed E-state index contributed by atoms with van der Waals surface area (Å²) in [6.45, 7) is 21.3. The zero-order valence-corrected chi connectivity index (χ0v) is 25.8. The molecule has 0 aliphatic rings. The van der Waals surface area contributed by atoms with Crippen LogP contribution in [-0.2, 0) is 16.2 Å². The lowest BCUT2D eigenvalue weighted by molar-refractivity contribution is 0.465. The van der Waals surface area contributed by atoms with Gasteiger partial charge in [0.2, 0.25) is 0 Å². The second-order valence-corrected chi connectivity index (χ2v) is 12.2. The molecule has 212 valence electrons. The highest BCUT2D eigenvalue weighted by molar-refractivity contribution is 5.53. The van der Waals surface area contributed by atoms with E-state index in [1.54, 1.807) is 24.3 Å².